The Morgan fingerprint density at radius 2 is 1.96 bits per heavy atom. The van der Waals surface area contributed by atoms with E-state index < -0.39 is 0 Å². The molecule has 0 radical (unpaired) electrons. The number of benzene rings is 2. The zero-order valence-electron chi connectivity index (χ0n) is 14.4. The molecule has 1 saturated carbocycles. The highest BCUT2D eigenvalue weighted by Crippen LogP contribution is 2.44. The second-order valence-electron chi connectivity index (χ2n) is 7.24. The Hall–Kier alpha value is -2.20. The van der Waals surface area contributed by atoms with Crippen LogP contribution in [0, 0.1) is 0 Å². The fourth-order valence-electron chi connectivity index (χ4n) is 4.17. The quantitative estimate of drug-likeness (QED) is 0.783. The van der Waals surface area contributed by atoms with Crippen molar-refractivity contribution in [3.63, 3.8) is 0 Å². The summed E-state index contributed by atoms with van der Waals surface area (Å²) < 4.78 is 10.8. The third kappa shape index (κ3) is 2.64. The number of nitrogens with zero attached hydrogens (tertiary/aromatic N) is 1. The molecule has 5 heteroatoms. The second kappa shape index (κ2) is 6.20. The Bertz CT molecular complexity index is 878. The minimum atomic E-state index is 0.0365. The molecule has 0 N–H and O–H groups in total. The van der Waals surface area contributed by atoms with Gasteiger partial charge in [-0.2, -0.15) is 0 Å². The monoisotopic (exact) mass is 369 g/mol. The van der Waals surface area contributed by atoms with E-state index in [-0.39, 0.29) is 18.7 Å². The van der Waals surface area contributed by atoms with Crippen LogP contribution in [0.2, 0.25) is 5.02 Å². The van der Waals surface area contributed by atoms with Gasteiger partial charge in [0.25, 0.3) is 5.91 Å². The van der Waals surface area contributed by atoms with Crippen molar-refractivity contribution in [3.8, 4) is 11.5 Å². The highest BCUT2D eigenvalue weighted by atomic mass is 35.5. The summed E-state index contributed by atoms with van der Waals surface area (Å²) in [6.07, 6.45) is 5.36. The molecule has 1 aliphatic heterocycles. The van der Waals surface area contributed by atoms with Crippen LogP contribution in [-0.2, 0) is 6.42 Å². The molecule has 134 valence electrons. The number of rotatable bonds is 3. The maximum absolute atomic E-state index is 13.5. The molecule has 0 saturated heterocycles. The lowest BCUT2D eigenvalue weighted by Crippen LogP contribution is -2.38. The summed E-state index contributed by atoms with van der Waals surface area (Å²) in [4.78, 5) is 15.5. The van der Waals surface area contributed by atoms with E-state index in [4.69, 9.17) is 21.1 Å². The Morgan fingerprint density at radius 3 is 2.81 bits per heavy atom. The second-order valence-corrected chi connectivity index (χ2v) is 7.65. The van der Waals surface area contributed by atoms with Gasteiger partial charge in [-0.05, 0) is 55.4 Å². The Morgan fingerprint density at radius 1 is 1.12 bits per heavy atom. The van der Waals surface area contributed by atoms with Gasteiger partial charge in [-0.15, -0.1) is 0 Å². The molecular weight excluding hydrogens is 350 g/mol. The van der Waals surface area contributed by atoms with Crippen LogP contribution in [0.15, 0.2) is 36.4 Å². The van der Waals surface area contributed by atoms with E-state index in [0.29, 0.717) is 28.1 Å². The first-order valence-corrected chi connectivity index (χ1v) is 9.60. The van der Waals surface area contributed by atoms with Crippen LogP contribution in [0.4, 0.5) is 0 Å². The number of carbonyl (C=O) groups is 1. The highest BCUT2D eigenvalue weighted by molar-refractivity contribution is 6.32. The minimum Gasteiger partial charge on any atom is -0.454 e. The first-order valence-electron chi connectivity index (χ1n) is 9.22. The Labute approximate surface area is 157 Å². The molecule has 26 heavy (non-hydrogen) atoms. The van der Waals surface area contributed by atoms with Crippen LogP contribution in [-0.4, -0.2) is 23.6 Å². The van der Waals surface area contributed by atoms with Crippen molar-refractivity contribution in [2.45, 2.75) is 44.2 Å². The van der Waals surface area contributed by atoms with Crippen LogP contribution in [0.5, 0.6) is 11.5 Å². The van der Waals surface area contributed by atoms with Crippen molar-refractivity contribution in [2.24, 2.45) is 0 Å². The number of ether oxygens (including phenoxy) is 2. The lowest BCUT2D eigenvalue weighted by molar-refractivity contribution is 0.0637. The van der Waals surface area contributed by atoms with Crippen molar-refractivity contribution >= 4 is 17.5 Å². The number of fused-ring (bicyclic) bond motifs is 2. The molecule has 2 aromatic carbocycles. The SMILES string of the molecule is O=C(c1cc(Cl)c2c(c1)OCO2)N(C1CC1)C1CCCc2ccccc21. The topological polar surface area (TPSA) is 38.8 Å². The molecule has 1 atom stereocenters. The molecule has 0 spiro atoms. The maximum Gasteiger partial charge on any atom is 0.254 e. The largest absolute Gasteiger partial charge is 0.454 e. The number of aryl methyl sites for hydroxylation is 1. The molecule has 0 bridgehead atoms. The molecule has 1 fully saturated rings. The van der Waals surface area contributed by atoms with Gasteiger partial charge >= 0.3 is 0 Å². The molecular formula is C21H20ClNO3. The predicted octanol–water partition coefficient (Wildman–Crippen LogP) is 4.75. The van der Waals surface area contributed by atoms with Crippen molar-refractivity contribution < 1.29 is 14.3 Å². The van der Waals surface area contributed by atoms with Gasteiger partial charge in [0.2, 0.25) is 6.79 Å². The van der Waals surface area contributed by atoms with E-state index >= 15 is 0 Å². The van der Waals surface area contributed by atoms with Gasteiger partial charge in [0.15, 0.2) is 11.5 Å². The number of carbonyl (C=O) groups excluding carboxylic acids is 1. The van der Waals surface area contributed by atoms with Gasteiger partial charge in [-0.3, -0.25) is 4.79 Å². The average molecular weight is 370 g/mol. The van der Waals surface area contributed by atoms with E-state index in [9.17, 15) is 4.79 Å². The number of halogens is 1. The summed E-state index contributed by atoms with van der Waals surface area (Å²) in [7, 11) is 0. The summed E-state index contributed by atoms with van der Waals surface area (Å²) in [5, 5.41) is 0.433. The van der Waals surface area contributed by atoms with Gasteiger partial charge in [0, 0.05) is 11.6 Å². The lowest BCUT2D eigenvalue weighted by atomic mass is 9.86. The fraction of sp³-hybridized carbons (Fsp3) is 0.381. The van der Waals surface area contributed by atoms with E-state index in [1.165, 1.54) is 11.1 Å². The zero-order chi connectivity index (χ0) is 17.7. The lowest BCUT2D eigenvalue weighted by Gasteiger charge is -2.36. The number of hydrogen-bond donors (Lipinski definition) is 0. The Kier molecular flexibility index (Phi) is 3.82. The molecule has 4 nitrogen and oxygen atoms in total. The molecule has 2 aliphatic carbocycles. The van der Waals surface area contributed by atoms with Crippen LogP contribution < -0.4 is 9.47 Å². The van der Waals surface area contributed by atoms with Crippen LogP contribution in [0.25, 0.3) is 0 Å². The van der Waals surface area contributed by atoms with Crippen molar-refractivity contribution in [2.75, 3.05) is 6.79 Å². The standard InChI is InChI=1S/C21H20ClNO3/c22-17-10-14(11-19-20(17)26-12-25-19)21(24)23(15-8-9-15)18-7-3-5-13-4-1-2-6-16(13)18/h1-2,4,6,10-11,15,18H,3,5,7-9,12H2. The maximum atomic E-state index is 13.5. The molecule has 1 heterocycles. The molecule has 1 amide bonds. The van der Waals surface area contributed by atoms with E-state index in [2.05, 4.69) is 29.2 Å². The Balaban J connectivity index is 1.53. The molecule has 2 aromatic rings. The van der Waals surface area contributed by atoms with Gasteiger partial charge in [-0.1, -0.05) is 35.9 Å². The third-order valence-electron chi connectivity index (χ3n) is 5.52. The fourth-order valence-corrected chi connectivity index (χ4v) is 4.44. The minimum absolute atomic E-state index is 0.0365. The van der Waals surface area contributed by atoms with Crippen LogP contribution in [0.1, 0.15) is 53.2 Å². The number of hydrogen-bond acceptors (Lipinski definition) is 3. The summed E-state index contributed by atoms with van der Waals surface area (Å²) in [5.41, 5.74) is 3.24. The average Bonchev–Trinajstić information content (AvgIpc) is 3.37. The molecule has 3 aliphatic rings. The van der Waals surface area contributed by atoms with Gasteiger partial charge < -0.3 is 14.4 Å². The first kappa shape index (κ1) is 16.0. The summed E-state index contributed by atoms with van der Waals surface area (Å²) in [6.45, 7) is 0.148. The van der Waals surface area contributed by atoms with Crippen molar-refractivity contribution in [1.29, 1.82) is 0 Å². The van der Waals surface area contributed by atoms with Crippen molar-refractivity contribution in [1.82, 2.24) is 4.90 Å². The van der Waals surface area contributed by atoms with E-state index in [1.54, 1.807) is 12.1 Å². The molecule has 5 rings (SSSR count). The van der Waals surface area contributed by atoms with Crippen LogP contribution in [0.3, 0.4) is 0 Å². The smallest absolute Gasteiger partial charge is 0.254 e. The summed E-state index contributed by atoms with van der Waals surface area (Å²) >= 11 is 6.31. The molecule has 0 aromatic heterocycles. The van der Waals surface area contributed by atoms with Gasteiger partial charge in [0.1, 0.15) is 0 Å². The first-order chi connectivity index (χ1) is 12.7. The van der Waals surface area contributed by atoms with Gasteiger partial charge in [0.05, 0.1) is 11.1 Å². The number of amides is 1. The summed E-state index contributed by atoms with van der Waals surface area (Å²) in [5.74, 6) is 1.12. The van der Waals surface area contributed by atoms with Crippen LogP contribution >= 0.6 is 11.6 Å². The molecule has 1 unspecified atom stereocenters. The zero-order valence-corrected chi connectivity index (χ0v) is 15.2. The summed E-state index contributed by atoms with van der Waals surface area (Å²) in [6, 6.07) is 12.5. The van der Waals surface area contributed by atoms with Crippen molar-refractivity contribution in [3.05, 3.63) is 58.1 Å². The normalized spacial score (nSPS) is 20.6. The van der Waals surface area contributed by atoms with Gasteiger partial charge in [-0.25, -0.2) is 0 Å². The van der Waals surface area contributed by atoms with E-state index in [1.807, 2.05) is 0 Å². The third-order valence-corrected chi connectivity index (χ3v) is 5.80. The predicted molar refractivity (Wildman–Crippen MR) is 98.9 cm³/mol. The highest BCUT2D eigenvalue weighted by Gasteiger charge is 2.40. The van der Waals surface area contributed by atoms with E-state index in [0.717, 1.165) is 32.1 Å².